The molecule has 0 amide bonds. The topological polar surface area (TPSA) is 80.7 Å². The maximum absolute atomic E-state index is 11.8. The number of ether oxygens (including phenoxy) is 1. The summed E-state index contributed by atoms with van der Waals surface area (Å²) in [6, 6.07) is 4.40. The van der Waals surface area contributed by atoms with Gasteiger partial charge in [0.1, 0.15) is 0 Å². The van der Waals surface area contributed by atoms with Gasteiger partial charge in [-0.15, -0.1) is 11.6 Å². The molecule has 0 saturated heterocycles. The first-order valence-electron chi connectivity index (χ1n) is 6.31. The van der Waals surface area contributed by atoms with Crippen LogP contribution in [0.25, 0.3) is 6.08 Å². The van der Waals surface area contributed by atoms with Crippen LogP contribution in [-0.2, 0) is 9.53 Å². The van der Waals surface area contributed by atoms with Crippen molar-refractivity contribution in [3.05, 3.63) is 41.0 Å². The highest BCUT2D eigenvalue weighted by atomic mass is 35.5. The number of carbonyl (C=O) groups excluding carboxylic acids is 2. The van der Waals surface area contributed by atoms with E-state index in [2.05, 4.69) is 0 Å². The van der Waals surface area contributed by atoms with Crippen LogP contribution < -0.4 is 0 Å². The molecule has 0 heterocycles. The second kappa shape index (κ2) is 8.21. The van der Waals surface area contributed by atoms with Gasteiger partial charge in [0.25, 0.3) is 0 Å². The van der Waals surface area contributed by atoms with Crippen LogP contribution in [0.1, 0.15) is 39.6 Å². The summed E-state index contributed by atoms with van der Waals surface area (Å²) in [7, 11) is 0. The standard InChI is InChI=1S/C15H15ClO5/c1-2-21-15(20)12-5-3-11(13(17)7-8-16)9-10(12)4-6-14(18)19/h3-6,9H,2,7-8H2,1H3,(H,18,19)/b6-4+. The molecule has 112 valence electrons. The van der Waals surface area contributed by atoms with Crippen molar-refractivity contribution in [3.8, 4) is 0 Å². The Hall–Kier alpha value is -2.14. The number of aliphatic carboxylic acids is 1. The third-order valence-corrected chi connectivity index (χ3v) is 2.78. The quantitative estimate of drug-likeness (QED) is 0.362. The molecular formula is C15H15ClO5. The average Bonchev–Trinajstić information content (AvgIpc) is 2.45. The number of hydrogen-bond donors (Lipinski definition) is 1. The summed E-state index contributed by atoms with van der Waals surface area (Å²) in [6.45, 7) is 1.87. The van der Waals surface area contributed by atoms with E-state index in [0.29, 0.717) is 11.1 Å². The van der Waals surface area contributed by atoms with Gasteiger partial charge in [0.05, 0.1) is 12.2 Å². The van der Waals surface area contributed by atoms with Crippen LogP contribution in [0.5, 0.6) is 0 Å². The van der Waals surface area contributed by atoms with Crippen molar-refractivity contribution < 1.29 is 24.2 Å². The van der Waals surface area contributed by atoms with E-state index in [1.54, 1.807) is 6.92 Å². The van der Waals surface area contributed by atoms with Crippen LogP contribution in [0.15, 0.2) is 24.3 Å². The fraction of sp³-hybridized carbons (Fsp3) is 0.267. The van der Waals surface area contributed by atoms with E-state index in [-0.39, 0.29) is 30.3 Å². The molecular weight excluding hydrogens is 296 g/mol. The van der Waals surface area contributed by atoms with Gasteiger partial charge >= 0.3 is 11.9 Å². The molecule has 0 aliphatic heterocycles. The Labute approximate surface area is 127 Å². The Bertz CT molecular complexity index is 577. The van der Waals surface area contributed by atoms with Crippen molar-refractivity contribution in [1.82, 2.24) is 0 Å². The Balaban J connectivity index is 3.22. The van der Waals surface area contributed by atoms with E-state index in [9.17, 15) is 14.4 Å². The fourth-order valence-corrected chi connectivity index (χ4v) is 1.83. The number of Topliss-reactive ketones (excluding diaryl/α,β-unsaturated/α-hetero) is 1. The van der Waals surface area contributed by atoms with Crippen LogP contribution in [0.3, 0.4) is 0 Å². The van der Waals surface area contributed by atoms with E-state index < -0.39 is 11.9 Å². The Kier molecular flexibility index (Phi) is 6.62. The molecule has 0 spiro atoms. The number of carboxylic acid groups (broad SMARTS) is 1. The van der Waals surface area contributed by atoms with Gasteiger partial charge in [-0.1, -0.05) is 6.07 Å². The predicted molar refractivity (Wildman–Crippen MR) is 78.7 cm³/mol. The molecule has 0 aliphatic carbocycles. The van der Waals surface area contributed by atoms with Crippen LogP contribution >= 0.6 is 11.6 Å². The van der Waals surface area contributed by atoms with Crippen molar-refractivity contribution in [2.75, 3.05) is 12.5 Å². The average molecular weight is 311 g/mol. The number of carboxylic acids is 1. The highest BCUT2D eigenvalue weighted by Gasteiger charge is 2.14. The molecule has 0 atom stereocenters. The normalized spacial score (nSPS) is 10.6. The molecule has 0 unspecified atom stereocenters. The summed E-state index contributed by atoms with van der Waals surface area (Å²) in [4.78, 5) is 34.2. The Morgan fingerprint density at radius 3 is 2.62 bits per heavy atom. The van der Waals surface area contributed by atoms with Gasteiger partial charge in [-0.3, -0.25) is 4.79 Å². The van der Waals surface area contributed by atoms with Crippen molar-refractivity contribution in [1.29, 1.82) is 0 Å². The molecule has 0 radical (unpaired) electrons. The number of ketones is 1. The minimum Gasteiger partial charge on any atom is -0.478 e. The fourth-order valence-electron chi connectivity index (χ4n) is 1.66. The third kappa shape index (κ3) is 5.04. The Morgan fingerprint density at radius 1 is 1.33 bits per heavy atom. The molecule has 0 aliphatic rings. The maximum atomic E-state index is 11.8. The lowest BCUT2D eigenvalue weighted by Gasteiger charge is -2.08. The van der Waals surface area contributed by atoms with E-state index in [1.807, 2.05) is 0 Å². The number of carbonyl (C=O) groups is 3. The van der Waals surface area contributed by atoms with Crippen molar-refractivity contribution in [2.45, 2.75) is 13.3 Å². The molecule has 5 nitrogen and oxygen atoms in total. The van der Waals surface area contributed by atoms with E-state index in [4.69, 9.17) is 21.4 Å². The van der Waals surface area contributed by atoms with Gasteiger partial charge in [-0.05, 0) is 30.7 Å². The van der Waals surface area contributed by atoms with Gasteiger partial charge in [0.15, 0.2) is 5.78 Å². The number of halogens is 1. The van der Waals surface area contributed by atoms with E-state index in [0.717, 1.165) is 6.08 Å². The predicted octanol–water partition coefficient (Wildman–Crippen LogP) is 2.77. The lowest BCUT2D eigenvalue weighted by molar-refractivity contribution is -0.131. The lowest BCUT2D eigenvalue weighted by atomic mass is 10.00. The molecule has 0 fully saturated rings. The van der Waals surface area contributed by atoms with Gasteiger partial charge in [-0.2, -0.15) is 0 Å². The summed E-state index contributed by atoms with van der Waals surface area (Å²) >= 11 is 5.53. The summed E-state index contributed by atoms with van der Waals surface area (Å²) in [5, 5.41) is 8.68. The molecule has 0 aromatic heterocycles. The zero-order chi connectivity index (χ0) is 15.8. The number of rotatable bonds is 7. The monoisotopic (exact) mass is 310 g/mol. The number of alkyl halides is 1. The van der Waals surface area contributed by atoms with Crippen LogP contribution in [0.4, 0.5) is 0 Å². The molecule has 0 bridgehead atoms. The smallest absolute Gasteiger partial charge is 0.338 e. The number of esters is 1. The summed E-state index contributed by atoms with van der Waals surface area (Å²) in [6.07, 6.45) is 2.32. The summed E-state index contributed by atoms with van der Waals surface area (Å²) in [5.41, 5.74) is 0.891. The zero-order valence-electron chi connectivity index (χ0n) is 11.5. The van der Waals surface area contributed by atoms with Crippen molar-refractivity contribution in [2.24, 2.45) is 0 Å². The Morgan fingerprint density at radius 2 is 2.05 bits per heavy atom. The first-order chi connectivity index (χ1) is 9.99. The molecule has 6 heteroatoms. The maximum Gasteiger partial charge on any atom is 0.338 e. The molecule has 1 aromatic carbocycles. The van der Waals surface area contributed by atoms with Gasteiger partial charge in [0.2, 0.25) is 0 Å². The first-order valence-corrected chi connectivity index (χ1v) is 6.84. The first kappa shape index (κ1) is 16.9. The summed E-state index contributed by atoms with van der Waals surface area (Å²) < 4.78 is 4.90. The minimum absolute atomic E-state index is 0.169. The van der Waals surface area contributed by atoms with E-state index in [1.165, 1.54) is 24.3 Å². The molecule has 1 rings (SSSR count). The van der Waals surface area contributed by atoms with Gasteiger partial charge in [-0.25, -0.2) is 9.59 Å². The highest BCUT2D eigenvalue weighted by molar-refractivity contribution is 6.19. The van der Waals surface area contributed by atoms with Crippen LogP contribution in [0.2, 0.25) is 0 Å². The third-order valence-electron chi connectivity index (χ3n) is 2.60. The zero-order valence-corrected chi connectivity index (χ0v) is 12.2. The highest BCUT2D eigenvalue weighted by Crippen LogP contribution is 2.17. The van der Waals surface area contributed by atoms with Crippen LogP contribution in [-0.4, -0.2) is 35.3 Å². The molecule has 1 aromatic rings. The van der Waals surface area contributed by atoms with Gasteiger partial charge < -0.3 is 9.84 Å². The number of hydrogen-bond acceptors (Lipinski definition) is 4. The second-order valence-corrected chi connectivity index (χ2v) is 4.43. The number of benzene rings is 1. The lowest BCUT2D eigenvalue weighted by Crippen LogP contribution is -2.08. The second-order valence-electron chi connectivity index (χ2n) is 4.06. The molecule has 1 N–H and O–H groups in total. The van der Waals surface area contributed by atoms with Crippen LogP contribution in [0, 0.1) is 0 Å². The SMILES string of the molecule is CCOC(=O)c1ccc(C(=O)CCCl)cc1/C=C/C(=O)O. The largest absolute Gasteiger partial charge is 0.478 e. The minimum atomic E-state index is -1.15. The van der Waals surface area contributed by atoms with Crippen molar-refractivity contribution >= 4 is 35.4 Å². The molecule has 21 heavy (non-hydrogen) atoms. The van der Waals surface area contributed by atoms with E-state index >= 15 is 0 Å². The molecule has 0 saturated carbocycles. The van der Waals surface area contributed by atoms with Gasteiger partial charge in [0, 0.05) is 23.9 Å². The van der Waals surface area contributed by atoms with Crippen molar-refractivity contribution in [3.63, 3.8) is 0 Å². The summed E-state index contributed by atoms with van der Waals surface area (Å²) in [5.74, 6) is -1.70.